The van der Waals surface area contributed by atoms with E-state index in [0.29, 0.717) is 11.8 Å². The monoisotopic (exact) mass is 244 g/mol. The average Bonchev–Trinajstić information content (AvgIpc) is 2.77. The molecule has 2 unspecified atom stereocenters. The second-order valence-corrected chi connectivity index (χ2v) is 6.27. The van der Waals surface area contributed by atoms with Crippen LogP contribution in [0, 0.1) is 5.92 Å². The summed E-state index contributed by atoms with van der Waals surface area (Å²) >= 11 is 1.80. The number of hydrogen-bond acceptors (Lipinski definition) is 3. The summed E-state index contributed by atoms with van der Waals surface area (Å²) in [5.41, 5.74) is 5.98. The minimum atomic E-state index is 0.200. The van der Waals surface area contributed by atoms with Crippen molar-refractivity contribution in [3.05, 3.63) is 0 Å². The Kier molecular flexibility index (Phi) is 5.62. The third-order valence-corrected chi connectivity index (χ3v) is 4.60. The molecule has 1 aliphatic heterocycles. The van der Waals surface area contributed by atoms with Crippen molar-refractivity contribution < 1.29 is 4.79 Å². The van der Waals surface area contributed by atoms with Gasteiger partial charge in [0.05, 0.1) is 5.25 Å². The second kappa shape index (κ2) is 6.50. The van der Waals surface area contributed by atoms with Gasteiger partial charge in [0.15, 0.2) is 0 Å². The van der Waals surface area contributed by atoms with E-state index in [1.165, 1.54) is 6.42 Å². The van der Waals surface area contributed by atoms with Gasteiger partial charge in [-0.1, -0.05) is 13.8 Å². The van der Waals surface area contributed by atoms with Crippen LogP contribution in [0.3, 0.4) is 0 Å². The topological polar surface area (TPSA) is 46.3 Å². The van der Waals surface area contributed by atoms with Crippen LogP contribution in [0.2, 0.25) is 0 Å². The van der Waals surface area contributed by atoms with E-state index in [9.17, 15) is 4.79 Å². The number of amides is 1. The molecule has 0 aliphatic carbocycles. The maximum Gasteiger partial charge on any atom is 0.235 e. The quantitative estimate of drug-likeness (QED) is 0.801. The fraction of sp³-hybridized carbons (Fsp3) is 0.917. The van der Waals surface area contributed by atoms with Gasteiger partial charge in [0, 0.05) is 19.6 Å². The minimum absolute atomic E-state index is 0.200. The third kappa shape index (κ3) is 3.98. The van der Waals surface area contributed by atoms with Crippen LogP contribution in [0.1, 0.15) is 33.1 Å². The van der Waals surface area contributed by atoms with Crippen molar-refractivity contribution in [1.82, 2.24) is 4.90 Å². The van der Waals surface area contributed by atoms with Gasteiger partial charge in [-0.2, -0.15) is 0 Å². The van der Waals surface area contributed by atoms with Gasteiger partial charge in [-0.3, -0.25) is 4.79 Å². The lowest BCUT2D eigenvalue weighted by molar-refractivity contribution is -0.129. The van der Waals surface area contributed by atoms with E-state index in [-0.39, 0.29) is 11.3 Å². The molecule has 0 bridgehead atoms. The zero-order valence-corrected chi connectivity index (χ0v) is 11.4. The Balaban J connectivity index is 2.28. The largest absolute Gasteiger partial charge is 0.345 e. The van der Waals surface area contributed by atoms with Crippen LogP contribution in [-0.2, 0) is 4.79 Å². The van der Waals surface area contributed by atoms with E-state index in [1.54, 1.807) is 11.8 Å². The molecule has 0 aromatic carbocycles. The standard InChI is InChI=1S/C12H24N2OS/c1-9(2)10(13)6-7-14(3)12(15)11-5-4-8-16-11/h9-11H,4-8,13H2,1-3H3. The van der Waals surface area contributed by atoms with Gasteiger partial charge in [0.25, 0.3) is 0 Å². The summed E-state index contributed by atoms with van der Waals surface area (Å²) < 4.78 is 0. The first-order valence-electron chi connectivity index (χ1n) is 6.14. The van der Waals surface area contributed by atoms with E-state index in [0.717, 1.165) is 25.1 Å². The summed E-state index contributed by atoms with van der Waals surface area (Å²) in [6.07, 6.45) is 3.13. The fourth-order valence-electron chi connectivity index (χ4n) is 1.80. The molecule has 16 heavy (non-hydrogen) atoms. The van der Waals surface area contributed by atoms with Crippen LogP contribution in [0.4, 0.5) is 0 Å². The highest BCUT2D eigenvalue weighted by molar-refractivity contribution is 8.00. The molecule has 1 heterocycles. The minimum Gasteiger partial charge on any atom is -0.345 e. The lowest BCUT2D eigenvalue weighted by Gasteiger charge is -2.23. The number of thioether (sulfide) groups is 1. The Bertz CT molecular complexity index is 227. The predicted molar refractivity (Wildman–Crippen MR) is 70.5 cm³/mol. The van der Waals surface area contributed by atoms with Crippen LogP contribution in [0.25, 0.3) is 0 Å². The molecule has 1 aliphatic rings. The van der Waals surface area contributed by atoms with E-state index in [2.05, 4.69) is 13.8 Å². The molecule has 2 atom stereocenters. The molecule has 1 saturated heterocycles. The molecule has 4 heteroatoms. The SMILES string of the molecule is CC(C)C(N)CCN(C)C(=O)C1CCCS1. The van der Waals surface area contributed by atoms with Crippen LogP contribution >= 0.6 is 11.8 Å². The number of rotatable bonds is 5. The van der Waals surface area contributed by atoms with Gasteiger partial charge in [-0.15, -0.1) is 11.8 Å². The maximum atomic E-state index is 12.0. The maximum absolute atomic E-state index is 12.0. The molecule has 2 N–H and O–H groups in total. The first kappa shape index (κ1) is 13.8. The molecule has 1 amide bonds. The third-order valence-electron chi connectivity index (χ3n) is 3.24. The lowest BCUT2D eigenvalue weighted by Crippen LogP contribution is -2.38. The molecule has 0 aromatic rings. The number of nitrogens with zero attached hydrogens (tertiary/aromatic N) is 1. The average molecular weight is 244 g/mol. The molecule has 0 saturated carbocycles. The van der Waals surface area contributed by atoms with Gasteiger partial charge in [-0.05, 0) is 30.9 Å². The molecule has 94 valence electrons. The van der Waals surface area contributed by atoms with Crippen molar-refractivity contribution in [3.63, 3.8) is 0 Å². The molecular weight excluding hydrogens is 220 g/mol. The summed E-state index contributed by atoms with van der Waals surface area (Å²) in [5, 5.41) is 0.209. The first-order chi connectivity index (χ1) is 7.52. The summed E-state index contributed by atoms with van der Waals surface area (Å²) in [5.74, 6) is 1.92. The number of carbonyl (C=O) groups excluding carboxylic acids is 1. The number of nitrogens with two attached hydrogens (primary N) is 1. The molecular formula is C12H24N2OS. The molecule has 3 nitrogen and oxygen atoms in total. The summed E-state index contributed by atoms with van der Waals surface area (Å²) in [7, 11) is 1.90. The summed E-state index contributed by atoms with van der Waals surface area (Å²) in [6, 6.07) is 0.200. The Labute approximate surface area is 103 Å². The van der Waals surface area contributed by atoms with Gasteiger partial charge in [0.2, 0.25) is 5.91 Å². The van der Waals surface area contributed by atoms with Gasteiger partial charge in [0.1, 0.15) is 0 Å². The van der Waals surface area contributed by atoms with Crippen LogP contribution in [0.15, 0.2) is 0 Å². The number of carbonyl (C=O) groups is 1. The van der Waals surface area contributed by atoms with Crippen molar-refractivity contribution in [3.8, 4) is 0 Å². The Morgan fingerprint density at radius 1 is 1.56 bits per heavy atom. The van der Waals surface area contributed by atoms with Crippen molar-refractivity contribution in [1.29, 1.82) is 0 Å². The zero-order valence-electron chi connectivity index (χ0n) is 10.6. The van der Waals surface area contributed by atoms with Crippen LogP contribution in [-0.4, -0.2) is 41.4 Å². The second-order valence-electron chi connectivity index (χ2n) is 4.96. The Hall–Kier alpha value is -0.220. The Morgan fingerprint density at radius 3 is 2.75 bits per heavy atom. The van der Waals surface area contributed by atoms with Crippen molar-refractivity contribution in [2.75, 3.05) is 19.3 Å². The van der Waals surface area contributed by atoms with Crippen molar-refractivity contribution >= 4 is 17.7 Å². The van der Waals surface area contributed by atoms with Gasteiger partial charge < -0.3 is 10.6 Å². The van der Waals surface area contributed by atoms with Crippen LogP contribution < -0.4 is 5.73 Å². The van der Waals surface area contributed by atoms with E-state index in [1.807, 2.05) is 11.9 Å². The fourth-order valence-corrected chi connectivity index (χ4v) is 3.08. The first-order valence-corrected chi connectivity index (χ1v) is 7.19. The van der Waals surface area contributed by atoms with Crippen LogP contribution in [0.5, 0.6) is 0 Å². The molecule has 1 rings (SSSR count). The van der Waals surface area contributed by atoms with Gasteiger partial charge >= 0.3 is 0 Å². The highest BCUT2D eigenvalue weighted by atomic mass is 32.2. The normalized spacial score (nSPS) is 22.4. The summed E-state index contributed by atoms with van der Waals surface area (Å²) in [4.78, 5) is 13.8. The predicted octanol–water partition coefficient (Wildman–Crippen LogP) is 1.71. The highest BCUT2D eigenvalue weighted by Crippen LogP contribution is 2.27. The smallest absolute Gasteiger partial charge is 0.235 e. The van der Waals surface area contributed by atoms with E-state index >= 15 is 0 Å². The van der Waals surface area contributed by atoms with Crippen molar-refractivity contribution in [2.45, 2.75) is 44.4 Å². The zero-order chi connectivity index (χ0) is 12.1. The van der Waals surface area contributed by atoms with E-state index < -0.39 is 0 Å². The Morgan fingerprint density at radius 2 is 2.25 bits per heavy atom. The van der Waals surface area contributed by atoms with Crippen molar-refractivity contribution in [2.24, 2.45) is 11.7 Å². The highest BCUT2D eigenvalue weighted by Gasteiger charge is 2.26. The molecule has 0 radical (unpaired) electrons. The van der Waals surface area contributed by atoms with E-state index in [4.69, 9.17) is 5.73 Å². The van der Waals surface area contributed by atoms with Gasteiger partial charge in [-0.25, -0.2) is 0 Å². The summed E-state index contributed by atoms with van der Waals surface area (Å²) in [6.45, 7) is 5.04. The molecule has 1 fully saturated rings. The number of hydrogen-bond donors (Lipinski definition) is 1. The molecule has 0 aromatic heterocycles. The molecule has 0 spiro atoms. The lowest BCUT2D eigenvalue weighted by atomic mass is 10.0.